The van der Waals surface area contributed by atoms with Crippen LogP contribution >= 0.6 is 0 Å². The number of nitrogens with zero attached hydrogens (tertiary/aromatic N) is 1. The van der Waals surface area contributed by atoms with Crippen LogP contribution in [0.2, 0.25) is 0 Å². The normalized spacial score (nSPS) is 11.4. The Bertz CT molecular complexity index is 1240. The first kappa shape index (κ1) is 19.3. The van der Waals surface area contributed by atoms with Gasteiger partial charge in [-0.2, -0.15) is 8.42 Å². The molecule has 144 valence electrons. The molecule has 0 aliphatic carbocycles. The van der Waals surface area contributed by atoms with Gasteiger partial charge in [0.05, 0.1) is 10.6 Å². The summed E-state index contributed by atoms with van der Waals surface area (Å²) in [5.74, 6) is -1.07. The standard InChI is InChI=1S/C18H14N2O7S/c1-10-5-6-11(9-14(10)20(23)24)18(22)19-17-13-3-2-4-16(28(25,26)27)12(13)7-8-15(17)21/h2-9,21H,1H3,(H,19,22)(H,25,26,27). The predicted molar refractivity (Wildman–Crippen MR) is 101 cm³/mol. The Morgan fingerprint density at radius 3 is 2.46 bits per heavy atom. The minimum atomic E-state index is -4.53. The van der Waals surface area contributed by atoms with E-state index in [0.29, 0.717) is 5.56 Å². The zero-order chi connectivity index (χ0) is 20.6. The van der Waals surface area contributed by atoms with E-state index in [1.165, 1.54) is 49.4 Å². The van der Waals surface area contributed by atoms with Gasteiger partial charge in [-0.3, -0.25) is 19.5 Å². The maximum atomic E-state index is 12.6. The van der Waals surface area contributed by atoms with Gasteiger partial charge in [0.25, 0.3) is 21.7 Å². The summed E-state index contributed by atoms with van der Waals surface area (Å²) in [6.45, 7) is 1.53. The molecule has 3 rings (SSSR count). The quantitative estimate of drug-likeness (QED) is 0.263. The molecule has 0 spiro atoms. The average molecular weight is 402 g/mol. The number of nitro benzene ring substituents is 1. The predicted octanol–water partition coefficient (Wildman–Crippen LogP) is 3.26. The number of nitrogens with one attached hydrogen (secondary N) is 1. The Morgan fingerprint density at radius 1 is 1.11 bits per heavy atom. The van der Waals surface area contributed by atoms with Crippen molar-refractivity contribution >= 4 is 38.2 Å². The van der Waals surface area contributed by atoms with Crippen LogP contribution in [0.25, 0.3) is 10.8 Å². The monoisotopic (exact) mass is 402 g/mol. The molecule has 1 amide bonds. The van der Waals surface area contributed by atoms with Crippen LogP contribution in [0.4, 0.5) is 11.4 Å². The molecule has 0 heterocycles. The molecular formula is C18H14N2O7S. The molecule has 9 nitrogen and oxygen atoms in total. The van der Waals surface area contributed by atoms with Crippen molar-refractivity contribution in [3.63, 3.8) is 0 Å². The van der Waals surface area contributed by atoms with Crippen molar-refractivity contribution in [1.29, 1.82) is 0 Å². The maximum Gasteiger partial charge on any atom is 0.295 e. The molecule has 0 saturated heterocycles. The second kappa shape index (κ2) is 6.91. The molecule has 0 aliphatic rings. The zero-order valence-electron chi connectivity index (χ0n) is 14.4. The highest BCUT2D eigenvalue weighted by Gasteiger charge is 2.20. The first-order valence-electron chi connectivity index (χ1n) is 7.88. The summed E-state index contributed by atoms with van der Waals surface area (Å²) < 4.78 is 32.5. The Labute approximate surface area is 159 Å². The molecule has 0 aliphatic heterocycles. The fourth-order valence-electron chi connectivity index (χ4n) is 2.81. The molecule has 3 aromatic carbocycles. The Morgan fingerprint density at radius 2 is 1.82 bits per heavy atom. The number of aromatic hydroxyl groups is 1. The highest BCUT2D eigenvalue weighted by atomic mass is 32.2. The SMILES string of the molecule is Cc1ccc(C(=O)Nc2c(O)ccc3c(S(=O)(=O)O)cccc23)cc1[N+](=O)[O-]. The van der Waals surface area contributed by atoms with E-state index in [1.54, 1.807) is 0 Å². The van der Waals surface area contributed by atoms with Crippen molar-refractivity contribution in [2.45, 2.75) is 11.8 Å². The number of phenolic OH excluding ortho intramolecular Hbond substituents is 1. The fraction of sp³-hybridized carbons (Fsp3) is 0.0556. The number of nitro groups is 1. The Kier molecular flexibility index (Phi) is 4.75. The van der Waals surface area contributed by atoms with Gasteiger partial charge in [-0.15, -0.1) is 0 Å². The number of carbonyl (C=O) groups is 1. The largest absolute Gasteiger partial charge is 0.506 e. The van der Waals surface area contributed by atoms with Crippen LogP contribution in [0.1, 0.15) is 15.9 Å². The smallest absolute Gasteiger partial charge is 0.295 e. The molecule has 0 bridgehead atoms. The van der Waals surface area contributed by atoms with Gasteiger partial charge < -0.3 is 10.4 Å². The summed E-state index contributed by atoms with van der Waals surface area (Å²) in [4.78, 5) is 22.6. The summed E-state index contributed by atoms with van der Waals surface area (Å²) in [5.41, 5.74) is 0.0478. The first-order valence-corrected chi connectivity index (χ1v) is 9.32. The van der Waals surface area contributed by atoms with Crippen LogP contribution < -0.4 is 5.32 Å². The molecule has 10 heteroatoms. The molecule has 3 aromatic rings. The third-order valence-corrected chi connectivity index (χ3v) is 5.10. The van der Waals surface area contributed by atoms with E-state index in [4.69, 9.17) is 0 Å². The lowest BCUT2D eigenvalue weighted by molar-refractivity contribution is -0.385. The third-order valence-electron chi connectivity index (χ3n) is 4.18. The lowest BCUT2D eigenvalue weighted by atomic mass is 10.1. The summed E-state index contributed by atoms with van der Waals surface area (Å²) >= 11 is 0. The Hall–Kier alpha value is -3.50. The van der Waals surface area contributed by atoms with Crippen molar-refractivity contribution in [3.05, 3.63) is 69.8 Å². The summed E-state index contributed by atoms with van der Waals surface area (Å²) in [5, 5.41) is 23.9. The molecule has 3 N–H and O–H groups in total. The summed E-state index contributed by atoms with van der Waals surface area (Å²) in [7, 11) is -4.53. The number of fused-ring (bicyclic) bond motifs is 1. The van der Waals surface area contributed by atoms with Gasteiger partial charge in [-0.05, 0) is 31.2 Å². The lowest BCUT2D eigenvalue weighted by Gasteiger charge is -2.12. The molecule has 0 radical (unpaired) electrons. The topological polar surface area (TPSA) is 147 Å². The minimum Gasteiger partial charge on any atom is -0.506 e. The van der Waals surface area contributed by atoms with Crippen molar-refractivity contribution in [3.8, 4) is 5.75 Å². The zero-order valence-corrected chi connectivity index (χ0v) is 15.2. The van der Waals surface area contributed by atoms with E-state index in [0.717, 1.165) is 6.07 Å². The van der Waals surface area contributed by atoms with Crippen LogP contribution in [0.5, 0.6) is 5.75 Å². The Balaban J connectivity index is 2.10. The van der Waals surface area contributed by atoms with E-state index in [2.05, 4.69) is 5.32 Å². The van der Waals surface area contributed by atoms with E-state index >= 15 is 0 Å². The molecule has 28 heavy (non-hydrogen) atoms. The number of hydrogen-bond acceptors (Lipinski definition) is 6. The molecule has 0 atom stereocenters. The number of phenols is 1. The minimum absolute atomic E-state index is 0.0142. The van der Waals surface area contributed by atoms with Crippen LogP contribution in [-0.4, -0.2) is 28.9 Å². The number of benzene rings is 3. The summed E-state index contributed by atoms with van der Waals surface area (Å²) in [6, 6.07) is 10.4. The van der Waals surface area contributed by atoms with Crippen molar-refractivity contribution in [2.24, 2.45) is 0 Å². The van der Waals surface area contributed by atoms with E-state index < -0.39 is 20.9 Å². The van der Waals surface area contributed by atoms with E-state index in [9.17, 15) is 33.0 Å². The number of hydrogen-bond donors (Lipinski definition) is 3. The van der Waals surface area contributed by atoms with Gasteiger partial charge in [-0.25, -0.2) is 0 Å². The van der Waals surface area contributed by atoms with Crippen LogP contribution in [0.3, 0.4) is 0 Å². The second-order valence-corrected chi connectivity index (χ2v) is 7.39. The number of carbonyl (C=O) groups excluding carboxylic acids is 1. The van der Waals surface area contributed by atoms with Crippen LogP contribution in [0, 0.1) is 17.0 Å². The van der Waals surface area contributed by atoms with Gasteiger partial charge in [0.2, 0.25) is 0 Å². The number of anilines is 1. The highest BCUT2D eigenvalue weighted by Crippen LogP contribution is 2.35. The van der Waals surface area contributed by atoms with Gasteiger partial charge in [0, 0.05) is 28.0 Å². The summed E-state index contributed by atoms with van der Waals surface area (Å²) in [6.07, 6.45) is 0. The molecule has 0 fully saturated rings. The van der Waals surface area contributed by atoms with Crippen LogP contribution in [0.15, 0.2) is 53.4 Å². The molecular weight excluding hydrogens is 388 g/mol. The van der Waals surface area contributed by atoms with Gasteiger partial charge >= 0.3 is 0 Å². The third kappa shape index (κ3) is 3.50. The van der Waals surface area contributed by atoms with Crippen molar-refractivity contribution in [1.82, 2.24) is 0 Å². The van der Waals surface area contributed by atoms with Crippen molar-refractivity contribution in [2.75, 3.05) is 5.32 Å². The van der Waals surface area contributed by atoms with Gasteiger partial charge in [-0.1, -0.05) is 18.2 Å². The van der Waals surface area contributed by atoms with Gasteiger partial charge in [0.15, 0.2) is 0 Å². The number of amides is 1. The first-order chi connectivity index (χ1) is 13.1. The fourth-order valence-corrected chi connectivity index (χ4v) is 3.51. The second-order valence-electron chi connectivity index (χ2n) is 6.00. The highest BCUT2D eigenvalue weighted by molar-refractivity contribution is 7.86. The maximum absolute atomic E-state index is 12.6. The van der Waals surface area contributed by atoms with Crippen molar-refractivity contribution < 1.29 is 27.8 Å². The molecule has 0 unspecified atom stereocenters. The van der Waals surface area contributed by atoms with E-state index in [1.807, 2.05) is 0 Å². The van der Waals surface area contributed by atoms with Crippen LogP contribution in [-0.2, 0) is 10.1 Å². The van der Waals surface area contributed by atoms with E-state index in [-0.39, 0.29) is 38.4 Å². The number of aryl methyl sites for hydroxylation is 1. The number of rotatable bonds is 4. The molecule has 0 saturated carbocycles. The lowest BCUT2D eigenvalue weighted by Crippen LogP contribution is -2.13. The average Bonchev–Trinajstić information content (AvgIpc) is 2.62. The van der Waals surface area contributed by atoms with Gasteiger partial charge in [0.1, 0.15) is 10.6 Å². The molecule has 0 aromatic heterocycles.